The first-order valence-corrected chi connectivity index (χ1v) is 12.8. The maximum absolute atomic E-state index is 10.1. The van der Waals surface area contributed by atoms with Crippen LogP contribution in [0, 0.1) is 0 Å². The van der Waals surface area contributed by atoms with E-state index in [9.17, 15) is 22.9 Å². The zero-order valence-corrected chi connectivity index (χ0v) is 32.1. The fourth-order valence-corrected chi connectivity index (χ4v) is 2.65. The quantitative estimate of drug-likeness (QED) is 0.0645. The van der Waals surface area contributed by atoms with Gasteiger partial charge in [0, 0.05) is 0 Å². The molecule has 0 aliphatic rings. The number of hydrogen-bond donors (Lipinski definition) is 0. The van der Waals surface area contributed by atoms with Crippen LogP contribution in [0.3, 0.4) is 0 Å². The van der Waals surface area contributed by atoms with E-state index >= 15 is 0 Å². The molecule has 1 aromatic carbocycles. The summed E-state index contributed by atoms with van der Waals surface area (Å²) < 4.78 is 43.0. The molecule has 0 saturated carbocycles. The maximum atomic E-state index is 10.1. The Labute approximate surface area is 324 Å². The van der Waals surface area contributed by atoms with Gasteiger partial charge < -0.3 is 44.7 Å². The van der Waals surface area contributed by atoms with Crippen molar-refractivity contribution in [2.45, 2.75) is 71.1 Å². The first-order chi connectivity index (χ1) is 14.4. The second-order valence-corrected chi connectivity index (χ2v) is 8.46. The molecule has 0 radical (unpaired) electrons. The predicted octanol–water partition coefficient (Wildman–Crippen LogP) is -7.79. The molecule has 18 heteroatoms. The van der Waals surface area contributed by atoms with Gasteiger partial charge in [-0.3, -0.25) is 4.18 Å². The van der Waals surface area contributed by atoms with Crippen molar-refractivity contribution in [3.8, 4) is 0 Å². The third-order valence-corrected chi connectivity index (χ3v) is 4.19. The number of hydrogen-bond acceptors (Lipinski definition) is 10. The van der Waals surface area contributed by atoms with Gasteiger partial charge in [-0.05, 0) is 12.0 Å². The summed E-state index contributed by atoms with van der Waals surface area (Å²) in [5.74, 6) is -1.13. The first-order valence-electron chi connectivity index (χ1n) is 9.96. The third-order valence-electron chi connectivity index (χ3n) is 3.74. The summed E-state index contributed by atoms with van der Waals surface area (Å²) in [5, 5.41) is 10.1. The van der Waals surface area contributed by atoms with Gasteiger partial charge in [-0.15, -0.1) is 0 Å². The number of aromatic carboxylic acids is 1. The number of rotatable bonds is 13. The zero-order valence-electron chi connectivity index (χ0n) is 22.0. The molecule has 0 aliphatic carbocycles. The number of carbonyl (C=O) groups is 1. The first kappa shape index (κ1) is 59.5. The Morgan fingerprint density at radius 2 is 1.14 bits per heavy atom. The van der Waals surface area contributed by atoms with Crippen molar-refractivity contribution in [1.29, 1.82) is 0 Å². The van der Waals surface area contributed by atoms with E-state index in [2.05, 4.69) is 11.1 Å². The van der Waals surface area contributed by atoms with E-state index in [-0.39, 0.29) is 158 Å². The van der Waals surface area contributed by atoms with Crippen LogP contribution in [0.15, 0.2) is 30.3 Å². The Kier molecular flexibility index (Phi) is 62.9. The molecule has 1 aromatic rings. The summed E-state index contributed by atoms with van der Waals surface area (Å²) in [6, 6.07) is 8.06. The summed E-state index contributed by atoms with van der Waals surface area (Å²) in [6.45, 7) is 2.24. The van der Waals surface area contributed by atoms with Crippen LogP contribution < -0.4 is 78.9 Å². The van der Waals surface area contributed by atoms with Crippen LogP contribution in [0.5, 0.6) is 0 Å². The molecule has 0 heterocycles. The SMILES string of the molecule is CCCCCCCCCCCCOS(=O)(=O)[O-].O.O.O=C([O-])c1ccccc1.O=P([O-])([O-])[O-].[Ca+2].[Ca+2].[Na+].[Na+]. The average molecular weight is 644 g/mol. The molecule has 12 nitrogen and oxygen atoms in total. The molecule has 0 aromatic heterocycles. The number of unbranched alkanes of at least 4 members (excludes halogenated alkanes) is 9. The summed E-state index contributed by atoms with van der Waals surface area (Å²) >= 11 is 0. The second kappa shape index (κ2) is 39.1. The summed E-state index contributed by atoms with van der Waals surface area (Å²) in [4.78, 5) is 35.7. The van der Waals surface area contributed by atoms with Crippen molar-refractivity contribution >= 4 is 99.7 Å². The molecule has 37 heavy (non-hydrogen) atoms. The van der Waals surface area contributed by atoms with Crippen molar-refractivity contribution < 1.29 is 116 Å². The summed E-state index contributed by atoms with van der Waals surface area (Å²) in [5.41, 5.74) is 0.220. The molecule has 0 fully saturated rings. The van der Waals surface area contributed by atoms with Crippen LogP contribution in [-0.4, -0.2) is 112 Å². The van der Waals surface area contributed by atoms with E-state index < -0.39 is 24.2 Å². The Morgan fingerprint density at radius 1 is 0.811 bits per heavy atom. The van der Waals surface area contributed by atoms with E-state index in [1.807, 2.05) is 0 Å². The second-order valence-electron chi connectivity index (χ2n) is 6.51. The molecule has 0 bridgehead atoms. The van der Waals surface area contributed by atoms with Crippen LogP contribution in [0.1, 0.15) is 81.5 Å². The number of carboxylic acid groups (broad SMARTS) is 1. The Morgan fingerprint density at radius 3 is 1.41 bits per heavy atom. The van der Waals surface area contributed by atoms with Crippen molar-refractivity contribution in [3.05, 3.63) is 35.9 Å². The maximum Gasteiger partial charge on any atom is 2.00 e. The van der Waals surface area contributed by atoms with Crippen LogP contribution in [0.2, 0.25) is 0 Å². The Bertz CT molecular complexity index is 721. The molecule has 0 saturated heterocycles. The molecule has 0 spiro atoms. The fourth-order valence-electron chi connectivity index (χ4n) is 2.32. The normalized spacial score (nSPS) is 9.22. The van der Waals surface area contributed by atoms with E-state index in [0.717, 1.165) is 12.8 Å². The van der Waals surface area contributed by atoms with Gasteiger partial charge in [-0.25, -0.2) is 8.42 Å². The molecule has 0 amide bonds. The smallest absolute Gasteiger partial charge is 0.822 e. The van der Waals surface area contributed by atoms with Gasteiger partial charge in [-0.1, -0.05) is 95.0 Å². The van der Waals surface area contributed by atoms with Crippen molar-refractivity contribution in [2.24, 2.45) is 0 Å². The van der Waals surface area contributed by atoms with Gasteiger partial charge in [0.1, 0.15) is 0 Å². The third kappa shape index (κ3) is 63.6. The molecule has 0 atom stereocenters. The number of benzene rings is 1. The minimum Gasteiger partial charge on any atom is -0.822 e. The molecule has 198 valence electrons. The van der Waals surface area contributed by atoms with E-state index in [0.29, 0.717) is 6.42 Å². The topological polar surface area (TPSA) is 256 Å². The van der Waals surface area contributed by atoms with Gasteiger partial charge in [0.15, 0.2) is 0 Å². The van der Waals surface area contributed by atoms with E-state index in [1.165, 1.54) is 57.1 Å². The van der Waals surface area contributed by atoms with Crippen molar-refractivity contribution in [3.63, 3.8) is 0 Å². The van der Waals surface area contributed by atoms with E-state index in [1.54, 1.807) is 18.2 Å². The van der Waals surface area contributed by atoms with Crippen LogP contribution in [0.4, 0.5) is 0 Å². The van der Waals surface area contributed by atoms with E-state index in [4.69, 9.17) is 19.2 Å². The van der Waals surface area contributed by atoms with Gasteiger partial charge in [0.2, 0.25) is 10.4 Å². The number of phosphoric acid groups is 1. The zero-order chi connectivity index (χ0) is 24.2. The monoisotopic (exact) mass is 643 g/mol. The van der Waals surface area contributed by atoms with Gasteiger partial charge in [-0.2, -0.15) is 7.82 Å². The van der Waals surface area contributed by atoms with Crippen molar-refractivity contribution in [1.82, 2.24) is 0 Å². The molecular weight excluding hydrogens is 609 g/mol. The molecule has 0 unspecified atom stereocenters. The largest absolute Gasteiger partial charge is 2.00 e. The fraction of sp³-hybridized carbons (Fsp3) is 0.632. The van der Waals surface area contributed by atoms with Crippen molar-refractivity contribution in [2.75, 3.05) is 6.61 Å². The van der Waals surface area contributed by atoms with Gasteiger partial charge in [0.25, 0.3) is 0 Å². The molecular formula is C19H34Ca2Na2O12PS+. The van der Waals surface area contributed by atoms with Gasteiger partial charge >= 0.3 is 135 Å². The molecule has 4 N–H and O–H groups in total. The summed E-state index contributed by atoms with van der Waals surface area (Å²) in [7, 11) is -9.87. The number of carbonyl (C=O) groups excluding carboxylic acids is 1. The molecule has 1 rings (SSSR count). The predicted molar refractivity (Wildman–Crippen MR) is 125 cm³/mol. The number of carboxylic acids is 1. The average Bonchev–Trinajstić information content (AvgIpc) is 2.65. The molecule has 0 aliphatic heterocycles. The van der Waals surface area contributed by atoms with Gasteiger partial charge in [0.05, 0.1) is 12.6 Å². The van der Waals surface area contributed by atoms with Crippen LogP contribution in [0.25, 0.3) is 0 Å². The Hall–Kier alpha value is 3.11. The minimum absolute atomic E-state index is 0. The minimum atomic E-state index is -5.39. The summed E-state index contributed by atoms with van der Waals surface area (Å²) in [6.07, 6.45) is 11.7. The van der Waals surface area contributed by atoms with Crippen LogP contribution in [-0.2, 0) is 19.1 Å². The van der Waals surface area contributed by atoms with Crippen LogP contribution >= 0.6 is 7.82 Å². The Balaban J connectivity index is -0.0000000602. The standard InChI is InChI=1S/C12H26O4S.C7H6O2.2Ca.2Na.H3O4P.2H2O/c1-2-3-4-5-6-7-8-9-10-11-12-16-17(13,14)15;8-7(9)6-4-2-1-3-5-6;;;;;1-5(2,3)4;;/h2-12H2,1H3,(H,13,14,15);1-5H,(H,8,9);;;;;(H3,1,2,3,4);2*1H2/q;;2*+2;2*+1;;;/p-5.